The van der Waals surface area contributed by atoms with Crippen LogP contribution < -0.4 is 5.48 Å². The molecule has 0 aliphatic carbocycles. The van der Waals surface area contributed by atoms with Gasteiger partial charge in [0.05, 0.1) is 18.4 Å². The summed E-state index contributed by atoms with van der Waals surface area (Å²) in [4.78, 5) is 16.4. The summed E-state index contributed by atoms with van der Waals surface area (Å²) in [5, 5.41) is 0. The van der Waals surface area contributed by atoms with Gasteiger partial charge in [-0.15, -0.1) is 0 Å². The quantitative estimate of drug-likeness (QED) is 0.847. The van der Waals surface area contributed by atoms with Gasteiger partial charge in [-0.3, -0.25) is 9.63 Å². The second-order valence-electron chi connectivity index (χ2n) is 3.24. The first kappa shape index (κ1) is 11.3. The van der Waals surface area contributed by atoms with Crippen molar-refractivity contribution in [3.05, 3.63) is 22.6 Å². The van der Waals surface area contributed by atoms with Gasteiger partial charge in [0.1, 0.15) is 0 Å². The largest absolute Gasteiger partial charge is 0.457 e. The monoisotopic (exact) mass is 261 g/mol. The molecular weight excluding hydrogens is 250 g/mol. The Morgan fingerprint density at radius 2 is 2.43 bits per heavy atom. The van der Waals surface area contributed by atoms with Gasteiger partial charge in [-0.2, -0.15) is 0 Å². The first-order valence-electron chi connectivity index (χ1n) is 4.26. The molecule has 1 amide bonds. The van der Waals surface area contributed by atoms with E-state index in [0.29, 0.717) is 22.8 Å². The van der Waals surface area contributed by atoms with Crippen molar-refractivity contribution in [2.75, 3.05) is 6.61 Å². The highest BCUT2D eigenvalue weighted by atomic mass is 79.9. The first-order valence-corrected chi connectivity index (χ1v) is 5.05. The Bertz CT molecular complexity index is 309. The highest BCUT2D eigenvalue weighted by Gasteiger charge is 2.12. The topological polar surface area (TPSA) is 51.5 Å². The molecule has 1 heterocycles. The summed E-state index contributed by atoms with van der Waals surface area (Å²) in [6, 6.07) is 1.57. The van der Waals surface area contributed by atoms with Gasteiger partial charge in [-0.25, -0.2) is 5.48 Å². The first-order chi connectivity index (χ1) is 6.61. The molecule has 5 heteroatoms. The Hall–Kier alpha value is -0.810. The standard InChI is InChI=1S/C9H12BrNO3/c1-6(2)5-14-11-9(12)7-3-4-13-8(7)10/h3-4,6H,5H2,1-2H3,(H,11,12). The lowest BCUT2D eigenvalue weighted by Gasteiger charge is -2.06. The summed E-state index contributed by atoms with van der Waals surface area (Å²) in [5.74, 6) is 0.0642. The molecule has 0 saturated heterocycles. The summed E-state index contributed by atoms with van der Waals surface area (Å²) < 4.78 is 5.32. The summed E-state index contributed by atoms with van der Waals surface area (Å²) in [5.41, 5.74) is 2.75. The maximum atomic E-state index is 11.4. The van der Waals surface area contributed by atoms with E-state index in [1.54, 1.807) is 6.07 Å². The number of hydroxylamine groups is 1. The predicted molar refractivity (Wildman–Crippen MR) is 54.7 cm³/mol. The van der Waals surface area contributed by atoms with Crippen LogP contribution in [0.2, 0.25) is 0 Å². The van der Waals surface area contributed by atoms with Crippen molar-refractivity contribution >= 4 is 21.8 Å². The fraction of sp³-hybridized carbons (Fsp3) is 0.444. The number of carbonyl (C=O) groups excluding carboxylic acids is 1. The zero-order chi connectivity index (χ0) is 10.6. The lowest BCUT2D eigenvalue weighted by atomic mass is 10.2. The second-order valence-corrected chi connectivity index (χ2v) is 3.96. The van der Waals surface area contributed by atoms with Gasteiger partial charge in [0.25, 0.3) is 5.91 Å². The molecule has 1 rings (SSSR count). The zero-order valence-corrected chi connectivity index (χ0v) is 9.63. The summed E-state index contributed by atoms with van der Waals surface area (Å²) >= 11 is 3.10. The van der Waals surface area contributed by atoms with Crippen LogP contribution in [0.25, 0.3) is 0 Å². The van der Waals surface area contributed by atoms with Crippen LogP contribution >= 0.6 is 15.9 Å². The van der Waals surface area contributed by atoms with Crippen LogP contribution in [0.4, 0.5) is 0 Å². The van der Waals surface area contributed by atoms with E-state index in [0.717, 1.165) is 0 Å². The molecule has 4 nitrogen and oxygen atoms in total. The van der Waals surface area contributed by atoms with Gasteiger partial charge in [0, 0.05) is 0 Å². The van der Waals surface area contributed by atoms with Crippen LogP contribution in [0.15, 0.2) is 21.4 Å². The van der Waals surface area contributed by atoms with Crippen LogP contribution in [0, 0.1) is 5.92 Å². The number of nitrogens with one attached hydrogen (secondary N) is 1. The molecule has 1 N–H and O–H groups in total. The van der Waals surface area contributed by atoms with Gasteiger partial charge >= 0.3 is 0 Å². The van der Waals surface area contributed by atoms with Crippen molar-refractivity contribution in [2.24, 2.45) is 5.92 Å². The van der Waals surface area contributed by atoms with Crippen molar-refractivity contribution in [1.82, 2.24) is 5.48 Å². The molecule has 0 radical (unpaired) electrons. The smallest absolute Gasteiger partial charge is 0.279 e. The third-order valence-corrected chi connectivity index (χ3v) is 2.06. The molecule has 0 spiro atoms. The van der Waals surface area contributed by atoms with Crippen molar-refractivity contribution in [1.29, 1.82) is 0 Å². The Morgan fingerprint density at radius 3 is 2.93 bits per heavy atom. The molecule has 78 valence electrons. The van der Waals surface area contributed by atoms with E-state index in [4.69, 9.17) is 9.25 Å². The summed E-state index contributed by atoms with van der Waals surface area (Å²) in [7, 11) is 0. The van der Waals surface area contributed by atoms with Crippen LogP contribution in [-0.4, -0.2) is 12.5 Å². The molecule has 0 aliphatic rings. The molecular formula is C9H12BrNO3. The molecule has 14 heavy (non-hydrogen) atoms. The summed E-state index contributed by atoms with van der Waals surface area (Å²) in [6.45, 7) is 4.49. The number of rotatable bonds is 4. The van der Waals surface area contributed by atoms with E-state index in [1.165, 1.54) is 6.26 Å². The van der Waals surface area contributed by atoms with Crippen LogP contribution in [-0.2, 0) is 4.84 Å². The van der Waals surface area contributed by atoms with Gasteiger partial charge < -0.3 is 4.42 Å². The normalized spacial score (nSPS) is 10.6. The van der Waals surface area contributed by atoms with E-state index >= 15 is 0 Å². The van der Waals surface area contributed by atoms with Crippen molar-refractivity contribution < 1.29 is 14.0 Å². The van der Waals surface area contributed by atoms with Gasteiger partial charge in [0.15, 0.2) is 4.67 Å². The molecule has 0 aromatic carbocycles. The van der Waals surface area contributed by atoms with E-state index in [9.17, 15) is 4.79 Å². The minimum atomic E-state index is -0.314. The molecule has 1 aromatic heterocycles. The van der Waals surface area contributed by atoms with Gasteiger partial charge in [-0.05, 0) is 27.9 Å². The zero-order valence-electron chi connectivity index (χ0n) is 8.04. The third kappa shape index (κ3) is 3.16. The van der Waals surface area contributed by atoms with E-state index in [2.05, 4.69) is 21.4 Å². The average molecular weight is 262 g/mol. The molecule has 0 fully saturated rings. The highest BCUT2D eigenvalue weighted by Crippen LogP contribution is 2.16. The van der Waals surface area contributed by atoms with Gasteiger partial charge in [0.2, 0.25) is 0 Å². The molecule has 0 saturated carbocycles. The maximum absolute atomic E-state index is 11.4. The van der Waals surface area contributed by atoms with E-state index in [-0.39, 0.29) is 5.91 Å². The SMILES string of the molecule is CC(C)CONC(=O)c1ccoc1Br. The molecule has 1 aromatic rings. The fourth-order valence-electron chi connectivity index (χ4n) is 0.785. The Labute approximate surface area is 90.7 Å². The Morgan fingerprint density at radius 1 is 1.71 bits per heavy atom. The van der Waals surface area contributed by atoms with Crippen LogP contribution in [0.5, 0.6) is 0 Å². The highest BCUT2D eigenvalue weighted by molar-refractivity contribution is 9.10. The minimum absolute atomic E-state index is 0.314. The van der Waals surface area contributed by atoms with Crippen molar-refractivity contribution in [3.8, 4) is 0 Å². The van der Waals surface area contributed by atoms with Crippen molar-refractivity contribution in [2.45, 2.75) is 13.8 Å². The van der Waals surface area contributed by atoms with E-state index in [1.807, 2.05) is 13.8 Å². The number of amides is 1. The predicted octanol–water partition coefficient (Wildman–Crippen LogP) is 2.36. The number of carbonyl (C=O) groups is 1. The number of hydrogen-bond acceptors (Lipinski definition) is 3. The molecule has 0 aliphatic heterocycles. The maximum Gasteiger partial charge on any atom is 0.279 e. The van der Waals surface area contributed by atoms with Crippen LogP contribution in [0.3, 0.4) is 0 Å². The summed E-state index contributed by atoms with van der Waals surface area (Å²) in [6.07, 6.45) is 1.43. The van der Waals surface area contributed by atoms with Gasteiger partial charge in [-0.1, -0.05) is 13.8 Å². The minimum Gasteiger partial charge on any atom is -0.457 e. The Kier molecular flexibility index (Phi) is 4.16. The molecule has 0 unspecified atom stereocenters. The average Bonchev–Trinajstić information content (AvgIpc) is 2.50. The third-order valence-electron chi connectivity index (χ3n) is 1.44. The fourth-order valence-corrected chi connectivity index (χ4v) is 1.20. The number of furan rings is 1. The van der Waals surface area contributed by atoms with E-state index < -0.39 is 0 Å². The lowest BCUT2D eigenvalue weighted by Crippen LogP contribution is -2.25. The molecule has 0 bridgehead atoms. The lowest BCUT2D eigenvalue weighted by molar-refractivity contribution is 0.0207. The van der Waals surface area contributed by atoms with Crippen LogP contribution in [0.1, 0.15) is 24.2 Å². The number of hydrogen-bond donors (Lipinski definition) is 1. The second kappa shape index (κ2) is 5.17. The number of halogens is 1. The molecule has 0 atom stereocenters. The van der Waals surface area contributed by atoms with Crippen molar-refractivity contribution in [3.63, 3.8) is 0 Å². The Balaban J connectivity index is 2.40.